The first kappa shape index (κ1) is 16.2. The third-order valence-electron chi connectivity index (χ3n) is 4.08. The monoisotopic (exact) mass is 271 g/mol. The quantitative estimate of drug-likeness (QED) is 0.226. The molecule has 1 saturated heterocycles. The van der Waals surface area contributed by atoms with Gasteiger partial charge < -0.3 is 20.9 Å². The Labute approximate surface area is 116 Å². The van der Waals surface area contributed by atoms with E-state index in [-0.39, 0.29) is 5.41 Å². The van der Waals surface area contributed by atoms with Crippen LogP contribution in [0.25, 0.3) is 0 Å². The maximum absolute atomic E-state index is 10.0. The molecule has 1 rings (SSSR count). The van der Waals surface area contributed by atoms with Gasteiger partial charge in [-0.3, -0.25) is 0 Å². The number of hydrogen-bond donors (Lipinski definition) is 3. The van der Waals surface area contributed by atoms with Gasteiger partial charge in [0, 0.05) is 12.0 Å². The molecule has 112 valence electrons. The fourth-order valence-electron chi connectivity index (χ4n) is 2.68. The predicted octanol–water partition coefficient (Wildman–Crippen LogP) is 1.78. The number of aliphatic hydroxyl groups is 1. The zero-order valence-electron chi connectivity index (χ0n) is 12.5. The number of β-amino-alcohol motifs (C(OH)–C–C–N with tert-alkyl or cyclic N) is 1. The number of likely N-dealkylation sites (tertiary alicyclic amines) is 1. The van der Waals surface area contributed by atoms with Crippen molar-refractivity contribution in [3.8, 4) is 0 Å². The number of nitrogens with two attached hydrogens (primary N) is 1. The summed E-state index contributed by atoms with van der Waals surface area (Å²) < 4.78 is 0. The Morgan fingerprint density at radius 1 is 1.42 bits per heavy atom. The molecule has 0 aromatic heterocycles. The van der Waals surface area contributed by atoms with Crippen LogP contribution < -0.4 is 5.73 Å². The Morgan fingerprint density at radius 3 is 2.68 bits per heavy atom. The van der Waals surface area contributed by atoms with E-state index >= 15 is 0 Å². The molecule has 0 amide bonds. The van der Waals surface area contributed by atoms with Crippen molar-refractivity contribution in [2.24, 2.45) is 16.3 Å². The summed E-state index contributed by atoms with van der Waals surface area (Å²) in [5.74, 6) is 0.299. The molecule has 0 aromatic rings. The van der Waals surface area contributed by atoms with E-state index in [0.29, 0.717) is 5.84 Å². The summed E-state index contributed by atoms with van der Waals surface area (Å²) in [6, 6.07) is 0. The molecule has 0 spiro atoms. The molecule has 1 aliphatic rings. The second kappa shape index (κ2) is 6.57. The number of rotatable bonds is 6. The fraction of sp³-hybridized carbons (Fsp3) is 0.929. The van der Waals surface area contributed by atoms with Crippen LogP contribution in [-0.2, 0) is 0 Å². The minimum absolute atomic E-state index is 0.248. The van der Waals surface area contributed by atoms with Gasteiger partial charge in [0.15, 0.2) is 0 Å². The largest absolute Gasteiger partial charge is 0.409 e. The van der Waals surface area contributed by atoms with Crippen molar-refractivity contribution in [1.82, 2.24) is 4.90 Å². The highest BCUT2D eigenvalue weighted by molar-refractivity contribution is 5.85. The molecule has 1 aliphatic heterocycles. The highest BCUT2D eigenvalue weighted by Crippen LogP contribution is 2.24. The first-order valence-corrected chi connectivity index (χ1v) is 7.20. The van der Waals surface area contributed by atoms with Crippen molar-refractivity contribution < 1.29 is 10.3 Å². The Morgan fingerprint density at radius 2 is 2.11 bits per heavy atom. The molecule has 19 heavy (non-hydrogen) atoms. The summed E-state index contributed by atoms with van der Waals surface area (Å²) in [6.45, 7) is 8.78. The number of oxime groups is 1. The first-order chi connectivity index (χ1) is 8.77. The smallest absolute Gasteiger partial charge is 0.144 e. The summed E-state index contributed by atoms with van der Waals surface area (Å²) in [5, 5.41) is 21.8. The van der Waals surface area contributed by atoms with Crippen molar-refractivity contribution in [2.45, 2.75) is 58.5 Å². The average molecular weight is 271 g/mol. The molecule has 1 heterocycles. The molecule has 0 saturated carbocycles. The van der Waals surface area contributed by atoms with Crippen LogP contribution in [0.5, 0.6) is 0 Å². The van der Waals surface area contributed by atoms with E-state index in [1.54, 1.807) is 0 Å². The van der Waals surface area contributed by atoms with Gasteiger partial charge in [-0.2, -0.15) is 0 Å². The number of unbranched alkanes of at least 4 members (excludes halogenated alkanes) is 1. The number of nitrogens with zero attached hydrogens (tertiary/aromatic N) is 2. The normalized spacial score (nSPS) is 26.6. The topological polar surface area (TPSA) is 82.1 Å². The Balaban J connectivity index is 2.24. The minimum atomic E-state index is -0.522. The summed E-state index contributed by atoms with van der Waals surface area (Å²) >= 11 is 0. The molecule has 1 fully saturated rings. The van der Waals surface area contributed by atoms with Gasteiger partial charge in [-0.1, -0.05) is 25.4 Å². The zero-order valence-corrected chi connectivity index (χ0v) is 12.5. The van der Waals surface area contributed by atoms with Gasteiger partial charge >= 0.3 is 0 Å². The van der Waals surface area contributed by atoms with E-state index in [0.717, 1.165) is 51.7 Å². The van der Waals surface area contributed by atoms with E-state index in [9.17, 15) is 5.11 Å². The zero-order chi connectivity index (χ0) is 14.5. The van der Waals surface area contributed by atoms with Crippen molar-refractivity contribution in [2.75, 3.05) is 19.6 Å². The van der Waals surface area contributed by atoms with Gasteiger partial charge in [-0.05, 0) is 45.7 Å². The van der Waals surface area contributed by atoms with Crippen LogP contribution in [0, 0.1) is 5.41 Å². The highest BCUT2D eigenvalue weighted by Gasteiger charge is 2.28. The third kappa shape index (κ3) is 5.37. The fourth-order valence-corrected chi connectivity index (χ4v) is 2.68. The number of piperidine rings is 1. The van der Waals surface area contributed by atoms with Gasteiger partial charge in [0.1, 0.15) is 5.84 Å². The molecular weight excluding hydrogens is 242 g/mol. The summed E-state index contributed by atoms with van der Waals surface area (Å²) in [7, 11) is 0. The highest BCUT2D eigenvalue weighted by atomic mass is 16.4. The molecule has 5 nitrogen and oxygen atoms in total. The van der Waals surface area contributed by atoms with Gasteiger partial charge in [0.2, 0.25) is 0 Å². The van der Waals surface area contributed by atoms with E-state index < -0.39 is 5.60 Å². The van der Waals surface area contributed by atoms with E-state index in [1.807, 2.05) is 20.8 Å². The second-order valence-electron chi connectivity index (χ2n) is 6.70. The van der Waals surface area contributed by atoms with Crippen LogP contribution in [0.4, 0.5) is 0 Å². The Hall–Kier alpha value is -0.810. The lowest BCUT2D eigenvalue weighted by molar-refractivity contribution is -0.0159. The number of hydrogen-bond acceptors (Lipinski definition) is 4. The minimum Gasteiger partial charge on any atom is -0.409 e. The van der Waals surface area contributed by atoms with E-state index in [4.69, 9.17) is 10.9 Å². The lowest BCUT2D eigenvalue weighted by Crippen LogP contribution is -2.46. The summed E-state index contributed by atoms with van der Waals surface area (Å²) in [4.78, 5) is 2.33. The molecule has 1 unspecified atom stereocenters. The molecule has 0 aliphatic carbocycles. The van der Waals surface area contributed by atoms with Gasteiger partial charge in [-0.15, -0.1) is 0 Å². The average Bonchev–Trinajstić information content (AvgIpc) is 2.32. The van der Waals surface area contributed by atoms with Gasteiger partial charge in [0.25, 0.3) is 0 Å². The van der Waals surface area contributed by atoms with Crippen LogP contribution in [0.3, 0.4) is 0 Å². The molecule has 0 aromatic carbocycles. The van der Waals surface area contributed by atoms with Crippen LogP contribution in [0.1, 0.15) is 52.9 Å². The van der Waals surface area contributed by atoms with Crippen LogP contribution in [0.15, 0.2) is 5.16 Å². The first-order valence-electron chi connectivity index (χ1n) is 7.20. The lowest BCUT2D eigenvalue weighted by atomic mass is 9.86. The van der Waals surface area contributed by atoms with Crippen LogP contribution in [0.2, 0.25) is 0 Å². The predicted molar refractivity (Wildman–Crippen MR) is 77.3 cm³/mol. The molecule has 1 atom stereocenters. The van der Waals surface area contributed by atoms with E-state index in [1.165, 1.54) is 0 Å². The van der Waals surface area contributed by atoms with Crippen molar-refractivity contribution in [1.29, 1.82) is 0 Å². The maximum Gasteiger partial charge on any atom is 0.144 e. The molecular formula is C14H29N3O2. The Bertz CT molecular complexity index is 314. The molecule has 0 radical (unpaired) electrons. The Kier molecular flexibility index (Phi) is 5.62. The van der Waals surface area contributed by atoms with E-state index in [2.05, 4.69) is 10.1 Å². The number of amidine groups is 1. The molecule has 5 heteroatoms. The maximum atomic E-state index is 10.0. The van der Waals surface area contributed by atoms with Gasteiger partial charge in [-0.25, -0.2) is 0 Å². The van der Waals surface area contributed by atoms with Crippen molar-refractivity contribution >= 4 is 5.84 Å². The van der Waals surface area contributed by atoms with Crippen molar-refractivity contribution in [3.05, 3.63) is 0 Å². The third-order valence-corrected chi connectivity index (χ3v) is 4.08. The molecule has 4 N–H and O–H groups in total. The summed E-state index contributed by atoms with van der Waals surface area (Å²) in [5.41, 5.74) is 4.90. The lowest BCUT2D eigenvalue weighted by Gasteiger charge is -2.37. The SMILES string of the molecule is CC1(O)CCCN(CCCCC(C)(C)C(N)=NO)C1. The standard InChI is InChI=1S/C14H29N3O2/c1-13(2,12(15)16-19)7-4-5-9-17-10-6-8-14(3,18)11-17/h18-19H,4-11H2,1-3H3,(H2,15,16). The summed E-state index contributed by atoms with van der Waals surface area (Å²) in [6.07, 6.45) is 5.01. The van der Waals surface area contributed by atoms with Gasteiger partial charge in [0.05, 0.1) is 5.60 Å². The van der Waals surface area contributed by atoms with Crippen molar-refractivity contribution in [3.63, 3.8) is 0 Å². The molecule has 0 bridgehead atoms. The second-order valence-corrected chi connectivity index (χ2v) is 6.70. The van der Waals surface area contributed by atoms with Crippen LogP contribution >= 0.6 is 0 Å². The van der Waals surface area contributed by atoms with Crippen LogP contribution in [-0.4, -0.2) is 46.3 Å².